The van der Waals surface area contributed by atoms with Crippen LogP contribution in [0, 0.1) is 0 Å². The molecule has 0 spiro atoms. The first-order valence-electron chi connectivity index (χ1n) is 10.9. The summed E-state index contributed by atoms with van der Waals surface area (Å²) in [5.74, 6) is 1.42. The molecular weight excluding hydrogens is 446 g/mol. The number of benzene rings is 2. The molecule has 0 aromatic heterocycles. The first-order valence-corrected chi connectivity index (χ1v) is 12.4. The van der Waals surface area contributed by atoms with Crippen molar-refractivity contribution in [3.05, 3.63) is 42.0 Å². The van der Waals surface area contributed by atoms with Gasteiger partial charge in [0.1, 0.15) is 10.6 Å². The van der Waals surface area contributed by atoms with Crippen molar-refractivity contribution in [3.63, 3.8) is 0 Å². The van der Waals surface area contributed by atoms with Crippen molar-refractivity contribution in [1.82, 2.24) is 9.21 Å². The Labute approximate surface area is 195 Å². The molecule has 0 radical (unpaired) electrons. The van der Waals surface area contributed by atoms with Crippen molar-refractivity contribution in [3.8, 4) is 17.2 Å². The van der Waals surface area contributed by atoms with Gasteiger partial charge in [0, 0.05) is 25.3 Å². The van der Waals surface area contributed by atoms with Crippen molar-refractivity contribution in [2.24, 2.45) is 0 Å². The highest BCUT2D eigenvalue weighted by Gasteiger charge is 2.26. The molecule has 2 aromatic carbocycles. The van der Waals surface area contributed by atoms with Gasteiger partial charge in [0.25, 0.3) is 0 Å². The van der Waals surface area contributed by atoms with Crippen LogP contribution in [0.15, 0.2) is 41.3 Å². The number of likely N-dealkylation sites (N-methyl/N-ethyl adjacent to an activating group) is 1. The summed E-state index contributed by atoms with van der Waals surface area (Å²) >= 11 is 0. The largest absolute Gasteiger partial charge is 0.492 e. The molecule has 1 aliphatic rings. The fraction of sp³-hybridized carbons (Fsp3) is 0.435. The molecule has 180 valence electrons. The maximum atomic E-state index is 13.1. The van der Waals surface area contributed by atoms with Crippen LogP contribution < -0.4 is 19.5 Å². The molecule has 10 heteroatoms. The molecule has 1 amide bonds. The number of carbonyl (C=O) groups excluding carboxylic acids is 1. The van der Waals surface area contributed by atoms with Crippen LogP contribution in [-0.2, 0) is 21.4 Å². The molecule has 1 heterocycles. The number of nitrogens with zero attached hydrogens (tertiary/aromatic N) is 2. The monoisotopic (exact) mass is 477 g/mol. The summed E-state index contributed by atoms with van der Waals surface area (Å²) in [5, 5.41) is 2.79. The van der Waals surface area contributed by atoms with E-state index in [1.54, 1.807) is 32.9 Å². The van der Waals surface area contributed by atoms with E-state index in [4.69, 9.17) is 14.2 Å². The number of rotatable bonds is 11. The number of sulfonamides is 1. The Morgan fingerprint density at radius 2 is 1.79 bits per heavy atom. The minimum absolute atomic E-state index is 0.0413. The summed E-state index contributed by atoms with van der Waals surface area (Å²) in [5.41, 5.74) is 1.38. The van der Waals surface area contributed by atoms with Crippen LogP contribution in [0.2, 0.25) is 0 Å². The van der Waals surface area contributed by atoms with E-state index >= 15 is 0 Å². The number of amides is 1. The SMILES string of the molecule is CCOc1ccc(NC(=O)CN(C)Cc2ccc3c(c2)OCO3)cc1S(=O)(=O)N(CC)CC. The number of nitrogens with one attached hydrogen (secondary N) is 1. The van der Waals surface area contributed by atoms with E-state index in [1.807, 2.05) is 30.1 Å². The topological polar surface area (TPSA) is 97.4 Å². The lowest BCUT2D eigenvalue weighted by molar-refractivity contribution is -0.117. The predicted molar refractivity (Wildman–Crippen MR) is 125 cm³/mol. The van der Waals surface area contributed by atoms with Crippen LogP contribution in [0.25, 0.3) is 0 Å². The first kappa shape index (κ1) is 24.8. The summed E-state index contributed by atoms with van der Waals surface area (Å²) in [6.45, 7) is 7.24. The Balaban J connectivity index is 1.69. The van der Waals surface area contributed by atoms with Crippen LogP contribution in [0.1, 0.15) is 26.3 Å². The zero-order chi connectivity index (χ0) is 24.0. The molecule has 0 unspecified atom stereocenters. The van der Waals surface area contributed by atoms with Gasteiger partial charge in [-0.25, -0.2) is 8.42 Å². The van der Waals surface area contributed by atoms with E-state index in [2.05, 4.69) is 5.32 Å². The Kier molecular flexibility index (Phi) is 8.17. The smallest absolute Gasteiger partial charge is 0.246 e. The maximum absolute atomic E-state index is 13.1. The van der Waals surface area contributed by atoms with Crippen molar-refractivity contribution in [1.29, 1.82) is 0 Å². The zero-order valence-electron chi connectivity index (χ0n) is 19.5. The van der Waals surface area contributed by atoms with Crippen LogP contribution in [0.5, 0.6) is 17.2 Å². The fourth-order valence-corrected chi connectivity index (χ4v) is 5.23. The number of carbonyl (C=O) groups is 1. The van der Waals surface area contributed by atoms with Crippen molar-refractivity contribution in [2.75, 3.05) is 45.4 Å². The maximum Gasteiger partial charge on any atom is 0.246 e. The van der Waals surface area contributed by atoms with Gasteiger partial charge in [-0.15, -0.1) is 0 Å². The molecule has 0 saturated carbocycles. The van der Waals surface area contributed by atoms with Gasteiger partial charge < -0.3 is 19.5 Å². The quantitative estimate of drug-likeness (QED) is 0.531. The molecule has 0 fully saturated rings. The average Bonchev–Trinajstić information content (AvgIpc) is 3.23. The summed E-state index contributed by atoms with van der Waals surface area (Å²) in [4.78, 5) is 14.5. The van der Waals surface area contributed by atoms with Gasteiger partial charge in [-0.1, -0.05) is 19.9 Å². The fourth-order valence-electron chi connectivity index (χ4n) is 3.62. The van der Waals surface area contributed by atoms with Crippen molar-refractivity contribution >= 4 is 21.6 Å². The second-order valence-corrected chi connectivity index (χ2v) is 9.50. The standard InChI is InChI=1S/C23H31N3O6S/c1-5-26(6-2)33(28,29)22-13-18(9-11-20(22)30-7-3)24-23(27)15-25(4)14-17-8-10-19-21(12-17)32-16-31-19/h8-13H,5-7,14-16H2,1-4H3,(H,24,27). The molecule has 1 aliphatic heterocycles. The van der Waals surface area contributed by atoms with E-state index in [1.165, 1.54) is 10.4 Å². The summed E-state index contributed by atoms with van der Waals surface area (Å²) in [7, 11) is -1.92. The van der Waals surface area contributed by atoms with Gasteiger partial charge in [0.2, 0.25) is 22.7 Å². The first-order chi connectivity index (χ1) is 15.8. The molecule has 33 heavy (non-hydrogen) atoms. The van der Waals surface area contributed by atoms with E-state index in [0.717, 1.165) is 5.56 Å². The third kappa shape index (κ3) is 5.95. The average molecular weight is 478 g/mol. The molecule has 0 aliphatic carbocycles. The zero-order valence-corrected chi connectivity index (χ0v) is 20.3. The molecule has 0 bridgehead atoms. The summed E-state index contributed by atoms with van der Waals surface area (Å²) < 4.78 is 43.8. The van der Waals surface area contributed by atoms with E-state index in [-0.39, 0.29) is 29.9 Å². The van der Waals surface area contributed by atoms with E-state index in [0.29, 0.717) is 43.4 Å². The molecule has 9 nitrogen and oxygen atoms in total. The third-order valence-corrected chi connectivity index (χ3v) is 7.22. The van der Waals surface area contributed by atoms with Gasteiger partial charge in [-0.2, -0.15) is 4.31 Å². The number of fused-ring (bicyclic) bond motifs is 1. The lowest BCUT2D eigenvalue weighted by Crippen LogP contribution is -2.31. The molecule has 2 aromatic rings. The molecule has 0 saturated heterocycles. The van der Waals surface area contributed by atoms with Gasteiger partial charge in [-0.3, -0.25) is 9.69 Å². The van der Waals surface area contributed by atoms with Gasteiger partial charge >= 0.3 is 0 Å². The van der Waals surface area contributed by atoms with Crippen molar-refractivity contribution < 1.29 is 27.4 Å². The van der Waals surface area contributed by atoms with E-state index in [9.17, 15) is 13.2 Å². The van der Waals surface area contributed by atoms with E-state index < -0.39 is 10.0 Å². The summed E-state index contributed by atoms with van der Waals surface area (Å²) in [6.07, 6.45) is 0. The second-order valence-electron chi connectivity index (χ2n) is 7.59. The number of anilines is 1. The Bertz CT molecular complexity index is 1090. The van der Waals surface area contributed by atoms with Gasteiger partial charge in [0.05, 0.1) is 13.2 Å². The number of hydrogen-bond acceptors (Lipinski definition) is 7. The Morgan fingerprint density at radius 3 is 2.48 bits per heavy atom. The normalized spacial score (nSPS) is 12.9. The molecule has 1 N–H and O–H groups in total. The summed E-state index contributed by atoms with van der Waals surface area (Å²) in [6, 6.07) is 10.3. The van der Waals surface area contributed by atoms with Crippen LogP contribution in [0.3, 0.4) is 0 Å². The van der Waals surface area contributed by atoms with Gasteiger partial charge in [0.15, 0.2) is 11.5 Å². The lowest BCUT2D eigenvalue weighted by atomic mass is 10.2. The highest BCUT2D eigenvalue weighted by molar-refractivity contribution is 7.89. The van der Waals surface area contributed by atoms with Gasteiger partial charge in [-0.05, 0) is 49.9 Å². The van der Waals surface area contributed by atoms with Crippen molar-refractivity contribution in [2.45, 2.75) is 32.2 Å². The Morgan fingerprint density at radius 1 is 1.06 bits per heavy atom. The van der Waals surface area contributed by atoms with Crippen LogP contribution in [-0.4, -0.2) is 63.6 Å². The van der Waals surface area contributed by atoms with Crippen LogP contribution >= 0.6 is 0 Å². The third-order valence-electron chi connectivity index (χ3n) is 5.15. The minimum Gasteiger partial charge on any atom is -0.492 e. The number of ether oxygens (including phenoxy) is 3. The molecule has 0 atom stereocenters. The van der Waals surface area contributed by atoms with Crippen LogP contribution in [0.4, 0.5) is 5.69 Å². The second kappa shape index (κ2) is 10.9. The predicted octanol–water partition coefficient (Wildman–Crippen LogP) is 2.92. The molecule has 3 rings (SSSR count). The molecular formula is C23H31N3O6S. The number of hydrogen-bond donors (Lipinski definition) is 1. The highest BCUT2D eigenvalue weighted by atomic mass is 32.2. The lowest BCUT2D eigenvalue weighted by Gasteiger charge is -2.21. The minimum atomic E-state index is -3.76. The highest BCUT2D eigenvalue weighted by Crippen LogP contribution is 2.33. The Hall–Kier alpha value is -2.82.